The van der Waals surface area contributed by atoms with Crippen molar-refractivity contribution in [3.63, 3.8) is 0 Å². The van der Waals surface area contributed by atoms with Gasteiger partial charge in [-0.3, -0.25) is 9.59 Å². The van der Waals surface area contributed by atoms with Crippen LogP contribution in [0.15, 0.2) is 4.79 Å². The molecule has 0 unspecified atom stereocenters. The summed E-state index contributed by atoms with van der Waals surface area (Å²) < 4.78 is 1.31. The molecule has 0 spiro atoms. The molecule has 0 aliphatic rings. The van der Waals surface area contributed by atoms with E-state index >= 15 is 0 Å². The monoisotopic (exact) mass is 363 g/mol. The summed E-state index contributed by atoms with van der Waals surface area (Å²) in [6, 6.07) is 0.194. The number of carbonyl (C=O) groups excluding carboxylic acids is 1. The molecule has 0 saturated carbocycles. The number of thiazole rings is 1. The van der Waals surface area contributed by atoms with E-state index in [0.29, 0.717) is 27.7 Å². The summed E-state index contributed by atoms with van der Waals surface area (Å²) in [4.78, 5) is 29.9. The summed E-state index contributed by atoms with van der Waals surface area (Å²) in [6.45, 7) is 10.9. The number of aryl methyl sites for hydroxylation is 3. The molecule has 25 heavy (non-hydrogen) atoms. The predicted molar refractivity (Wildman–Crippen MR) is 100 cm³/mol. The zero-order chi connectivity index (χ0) is 18.7. The smallest absolute Gasteiger partial charge is 0.277 e. The van der Waals surface area contributed by atoms with Crippen LogP contribution in [0.25, 0.3) is 10.6 Å². The van der Waals surface area contributed by atoms with Gasteiger partial charge in [0.25, 0.3) is 11.5 Å². The molecular weight excluding hydrogens is 338 g/mol. The molecule has 1 amide bonds. The molecule has 2 aromatic heterocycles. The van der Waals surface area contributed by atoms with Crippen molar-refractivity contribution in [2.45, 2.75) is 40.7 Å². The number of nitrogens with zero attached hydrogens (tertiary/aromatic N) is 3. The first-order chi connectivity index (χ1) is 11.8. The lowest BCUT2D eigenvalue weighted by Crippen LogP contribution is -2.38. The van der Waals surface area contributed by atoms with Gasteiger partial charge in [0.05, 0.1) is 17.0 Å². The summed E-state index contributed by atoms with van der Waals surface area (Å²) >= 11 is 1.25. The maximum absolute atomic E-state index is 12.5. The minimum atomic E-state index is -0.204. The third kappa shape index (κ3) is 4.13. The number of amides is 1. The Labute approximate surface area is 151 Å². The Morgan fingerprint density at radius 2 is 1.96 bits per heavy atom. The maximum atomic E-state index is 12.5. The average molecular weight is 363 g/mol. The number of nitrogens with one attached hydrogen (secondary N) is 2. The second-order valence-electron chi connectivity index (χ2n) is 6.12. The molecule has 0 aromatic carbocycles. The SMILES string of the molecule is CCN[C@H](C)CNC(=O)c1sc(-c2c(C)c(C)nn(C)c2=O)nc1C. The van der Waals surface area contributed by atoms with Crippen LogP contribution in [0.3, 0.4) is 0 Å². The fourth-order valence-corrected chi connectivity index (χ4v) is 3.64. The molecule has 136 valence electrons. The molecule has 0 saturated heterocycles. The third-order valence-corrected chi connectivity index (χ3v) is 5.24. The average Bonchev–Trinajstić information content (AvgIpc) is 2.93. The molecule has 2 rings (SSSR count). The standard InChI is InChI=1S/C17H25N5O2S/c1-7-18-9(2)8-19-15(23)14-12(5)20-16(25-14)13-10(3)11(4)21-22(6)17(13)24/h9,18H,7-8H2,1-6H3,(H,19,23)/t9-/m1/s1. The van der Waals surface area contributed by atoms with Crippen LogP contribution in [0, 0.1) is 20.8 Å². The molecule has 2 N–H and O–H groups in total. The van der Waals surface area contributed by atoms with Crippen molar-refractivity contribution in [3.8, 4) is 10.6 Å². The molecule has 2 aromatic rings. The fourth-order valence-electron chi connectivity index (χ4n) is 2.56. The molecule has 0 radical (unpaired) electrons. The van der Waals surface area contributed by atoms with E-state index < -0.39 is 0 Å². The van der Waals surface area contributed by atoms with E-state index in [-0.39, 0.29) is 17.5 Å². The summed E-state index contributed by atoms with van der Waals surface area (Å²) in [7, 11) is 1.62. The number of hydrogen-bond acceptors (Lipinski definition) is 6. The van der Waals surface area contributed by atoms with Crippen LogP contribution in [0.2, 0.25) is 0 Å². The lowest BCUT2D eigenvalue weighted by atomic mass is 10.1. The van der Waals surface area contributed by atoms with Crippen molar-refractivity contribution in [3.05, 3.63) is 32.2 Å². The van der Waals surface area contributed by atoms with Crippen LogP contribution in [-0.4, -0.2) is 39.8 Å². The van der Waals surface area contributed by atoms with E-state index in [1.807, 2.05) is 27.7 Å². The second kappa shape index (κ2) is 7.88. The minimum Gasteiger partial charge on any atom is -0.350 e. The Morgan fingerprint density at radius 3 is 2.60 bits per heavy atom. The Morgan fingerprint density at radius 1 is 1.28 bits per heavy atom. The highest BCUT2D eigenvalue weighted by Gasteiger charge is 2.21. The highest BCUT2D eigenvalue weighted by molar-refractivity contribution is 7.17. The van der Waals surface area contributed by atoms with Crippen molar-refractivity contribution in [1.29, 1.82) is 0 Å². The van der Waals surface area contributed by atoms with Gasteiger partial charge in [0.2, 0.25) is 0 Å². The topological polar surface area (TPSA) is 88.9 Å². The van der Waals surface area contributed by atoms with Gasteiger partial charge in [-0.1, -0.05) is 6.92 Å². The van der Waals surface area contributed by atoms with Gasteiger partial charge in [0, 0.05) is 19.6 Å². The van der Waals surface area contributed by atoms with E-state index in [1.54, 1.807) is 14.0 Å². The minimum absolute atomic E-state index is 0.161. The number of rotatable bonds is 6. The second-order valence-corrected chi connectivity index (χ2v) is 7.12. The zero-order valence-corrected chi connectivity index (χ0v) is 16.4. The first kappa shape index (κ1) is 19.3. The van der Waals surface area contributed by atoms with Gasteiger partial charge in [0.15, 0.2) is 0 Å². The van der Waals surface area contributed by atoms with Crippen molar-refractivity contribution < 1.29 is 4.79 Å². The van der Waals surface area contributed by atoms with Crippen molar-refractivity contribution in [2.24, 2.45) is 7.05 Å². The number of carbonyl (C=O) groups is 1. The molecule has 0 aliphatic heterocycles. The maximum Gasteiger partial charge on any atom is 0.277 e. The predicted octanol–water partition coefficient (Wildman–Crippen LogP) is 1.56. The third-order valence-electron chi connectivity index (χ3n) is 4.06. The van der Waals surface area contributed by atoms with E-state index in [0.717, 1.165) is 17.8 Å². The quantitative estimate of drug-likeness (QED) is 0.813. The van der Waals surface area contributed by atoms with Gasteiger partial charge in [-0.25, -0.2) is 9.67 Å². The molecule has 0 bridgehead atoms. The molecule has 0 aliphatic carbocycles. The van der Waals surface area contributed by atoms with E-state index in [9.17, 15) is 9.59 Å². The molecular formula is C17H25N5O2S. The molecule has 8 heteroatoms. The summed E-state index contributed by atoms with van der Waals surface area (Å²) in [5, 5.41) is 10.9. The van der Waals surface area contributed by atoms with E-state index in [2.05, 4.69) is 20.7 Å². The fraction of sp³-hybridized carbons (Fsp3) is 0.529. The Hall–Kier alpha value is -2.06. The number of likely N-dealkylation sites (N-methyl/N-ethyl adjacent to an activating group) is 1. The van der Waals surface area contributed by atoms with Gasteiger partial charge >= 0.3 is 0 Å². The molecule has 7 nitrogen and oxygen atoms in total. The summed E-state index contributed by atoms with van der Waals surface area (Å²) in [5.74, 6) is -0.161. The van der Waals surface area contributed by atoms with Gasteiger partial charge < -0.3 is 10.6 Å². The van der Waals surface area contributed by atoms with Gasteiger partial charge in [-0.05, 0) is 39.8 Å². The van der Waals surface area contributed by atoms with Gasteiger partial charge in [0.1, 0.15) is 9.88 Å². The number of aromatic nitrogens is 3. The summed E-state index contributed by atoms with van der Waals surface area (Å²) in [6.07, 6.45) is 0. The lowest BCUT2D eigenvalue weighted by Gasteiger charge is -2.12. The van der Waals surface area contributed by atoms with E-state index in [1.165, 1.54) is 16.0 Å². The van der Waals surface area contributed by atoms with Crippen LogP contribution in [-0.2, 0) is 7.05 Å². The van der Waals surface area contributed by atoms with Crippen LogP contribution in [0.5, 0.6) is 0 Å². The van der Waals surface area contributed by atoms with Crippen molar-refractivity contribution in [1.82, 2.24) is 25.4 Å². The molecule has 1 atom stereocenters. The Kier molecular flexibility index (Phi) is 6.07. The zero-order valence-electron chi connectivity index (χ0n) is 15.6. The van der Waals surface area contributed by atoms with Crippen LogP contribution < -0.4 is 16.2 Å². The van der Waals surface area contributed by atoms with Crippen molar-refractivity contribution in [2.75, 3.05) is 13.1 Å². The van der Waals surface area contributed by atoms with Gasteiger partial charge in [-0.15, -0.1) is 11.3 Å². The molecule has 2 heterocycles. The van der Waals surface area contributed by atoms with Crippen molar-refractivity contribution >= 4 is 17.2 Å². The highest BCUT2D eigenvalue weighted by Crippen LogP contribution is 2.28. The highest BCUT2D eigenvalue weighted by atomic mass is 32.1. The number of hydrogen-bond donors (Lipinski definition) is 2. The largest absolute Gasteiger partial charge is 0.350 e. The lowest BCUT2D eigenvalue weighted by molar-refractivity contribution is 0.0953. The van der Waals surface area contributed by atoms with Crippen LogP contribution in [0.1, 0.15) is 40.5 Å². The van der Waals surface area contributed by atoms with E-state index in [4.69, 9.17) is 0 Å². The first-order valence-electron chi connectivity index (χ1n) is 8.30. The normalized spacial score (nSPS) is 12.2. The van der Waals surface area contributed by atoms with Crippen LogP contribution in [0.4, 0.5) is 0 Å². The summed E-state index contributed by atoms with van der Waals surface area (Å²) in [5.41, 5.74) is 2.51. The Balaban J connectivity index is 2.32. The Bertz CT molecular complexity index is 840. The first-order valence-corrected chi connectivity index (χ1v) is 9.11. The van der Waals surface area contributed by atoms with Gasteiger partial charge in [-0.2, -0.15) is 5.10 Å². The molecule has 0 fully saturated rings. The van der Waals surface area contributed by atoms with Crippen LogP contribution >= 0.6 is 11.3 Å².